The second-order valence-corrected chi connectivity index (χ2v) is 7.63. The summed E-state index contributed by atoms with van der Waals surface area (Å²) < 4.78 is 7.37. The first-order valence-corrected chi connectivity index (χ1v) is 10.7. The molecule has 0 unspecified atom stereocenters. The Labute approximate surface area is 197 Å². The summed E-state index contributed by atoms with van der Waals surface area (Å²) in [5.41, 5.74) is 13.1. The van der Waals surface area contributed by atoms with Crippen LogP contribution in [0.1, 0.15) is 21.6 Å². The van der Waals surface area contributed by atoms with Crippen molar-refractivity contribution >= 4 is 18.0 Å². The van der Waals surface area contributed by atoms with Crippen LogP contribution < -0.4 is 15.9 Å². The number of aryl methyl sites for hydroxylation is 1. The standard InChI is InChI=1S/C27H24N4O3/c1-19-7-16-25(21-5-3-2-4-6-21)31(19)23-12-10-22(11-13-23)27(33)30-29-17-20-8-14-24(15-9-20)34-18-26(28)32/h2-17H,18H2,1H3,(H2,28,32)(H,30,33)/b29-17+. The van der Waals surface area contributed by atoms with E-state index in [1.165, 1.54) is 6.21 Å². The maximum atomic E-state index is 12.5. The van der Waals surface area contributed by atoms with Crippen LogP contribution in [0.5, 0.6) is 5.75 Å². The van der Waals surface area contributed by atoms with Crippen LogP contribution in [0.25, 0.3) is 16.9 Å². The summed E-state index contributed by atoms with van der Waals surface area (Å²) in [4.78, 5) is 23.3. The largest absolute Gasteiger partial charge is 0.484 e. The monoisotopic (exact) mass is 452 g/mol. The van der Waals surface area contributed by atoms with Gasteiger partial charge in [-0.05, 0) is 78.7 Å². The highest BCUT2D eigenvalue weighted by Crippen LogP contribution is 2.26. The second-order valence-electron chi connectivity index (χ2n) is 7.63. The van der Waals surface area contributed by atoms with Crippen molar-refractivity contribution in [2.24, 2.45) is 10.8 Å². The number of aromatic nitrogens is 1. The molecule has 7 heteroatoms. The Bertz CT molecular complexity index is 1310. The van der Waals surface area contributed by atoms with Crippen LogP contribution in [0.4, 0.5) is 0 Å². The molecule has 2 amide bonds. The maximum absolute atomic E-state index is 12.5. The minimum absolute atomic E-state index is 0.181. The molecule has 0 aliphatic heterocycles. The van der Waals surface area contributed by atoms with Gasteiger partial charge in [-0.3, -0.25) is 9.59 Å². The molecule has 0 atom stereocenters. The Hall–Kier alpha value is -4.65. The van der Waals surface area contributed by atoms with E-state index >= 15 is 0 Å². The first-order valence-electron chi connectivity index (χ1n) is 10.7. The molecular weight excluding hydrogens is 428 g/mol. The molecule has 4 aromatic rings. The average Bonchev–Trinajstić information content (AvgIpc) is 3.25. The Balaban J connectivity index is 1.41. The molecule has 0 saturated heterocycles. The van der Waals surface area contributed by atoms with Gasteiger partial charge in [-0.1, -0.05) is 30.3 Å². The SMILES string of the molecule is Cc1ccc(-c2ccccc2)n1-c1ccc(C(=O)N/N=C/c2ccc(OCC(N)=O)cc2)cc1. The van der Waals surface area contributed by atoms with Crippen molar-refractivity contribution in [2.45, 2.75) is 6.92 Å². The summed E-state index contributed by atoms with van der Waals surface area (Å²) in [5, 5.41) is 4.02. The van der Waals surface area contributed by atoms with E-state index in [4.69, 9.17) is 10.5 Å². The highest BCUT2D eigenvalue weighted by atomic mass is 16.5. The highest BCUT2D eigenvalue weighted by molar-refractivity contribution is 5.95. The van der Waals surface area contributed by atoms with Crippen molar-refractivity contribution in [1.29, 1.82) is 0 Å². The van der Waals surface area contributed by atoms with Crippen LogP contribution in [0, 0.1) is 6.92 Å². The molecule has 1 heterocycles. The van der Waals surface area contributed by atoms with Crippen molar-refractivity contribution in [3.63, 3.8) is 0 Å². The summed E-state index contributed by atoms with van der Waals surface area (Å²) in [7, 11) is 0. The number of hydrogen-bond donors (Lipinski definition) is 2. The zero-order valence-corrected chi connectivity index (χ0v) is 18.6. The molecule has 170 valence electrons. The quantitative estimate of drug-likeness (QED) is 0.311. The molecule has 0 fully saturated rings. The number of ether oxygens (including phenoxy) is 1. The summed E-state index contributed by atoms with van der Waals surface area (Å²) >= 11 is 0. The number of carbonyl (C=O) groups is 2. The lowest BCUT2D eigenvalue weighted by Crippen LogP contribution is -2.20. The third-order valence-corrected chi connectivity index (χ3v) is 5.17. The fourth-order valence-corrected chi connectivity index (χ4v) is 3.51. The molecule has 0 aliphatic carbocycles. The van der Waals surface area contributed by atoms with E-state index in [-0.39, 0.29) is 12.5 Å². The number of nitrogens with one attached hydrogen (secondary N) is 1. The third-order valence-electron chi connectivity index (χ3n) is 5.17. The fraction of sp³-hybridized carbons (Fsp3) is 0.0741. The van der Waals surface area contributed by atoms with E-state index < -0.39 is 5.91 Å². The van der Waals surface area contributed by atoms with Crippen LogP contribution in [-0.4, -0.2) is 29.2 Å². The van der Waals surface area contributed by atoms with Gasteiger partial charge in [0.1, 0.15) is 5.75 Å². The molecule has 4 rings (SSSR count). The van der Waals surface area contributed by atoms with Crippen LogP contribution in [0.3, 0.4) is 0 Å². The number of hydrazone groups is 1. The van der Waals surface area contributed by atoms with Crippen molar-refractivity contribution in [3.8, 4) is 22.7 Å². The molecule has 0 saturated carbocycles. The van der Waals surface area contributed by atoms with Crippen molar-refractivity contribution in [2.75, 3.05) is 6.61 Å². The van der Waals surface area contributed by atoms with Gasteiger partial charge < -0.3 is 15.0 Å². The first-order chi connectivity index (χ1) is 16.5. The van der Waals surface area contributed by atoms with Gasteiger partial charge in [-0.25, -0.2) is 5.43 Å². The van der Waals surface area contributed by atoms with Gasteiger partial charge in [0.15, 0.2) is 6.61 Å². The summed E-state index contributed by atoms with van der Waals surface area (Å²) in [6.45, 7) is 1.87. The molecule has 0 aliphatic rings. The van der Waals surface area contributed by atoms with E-state index in [2.05, 4.69) is 46.3 Å². The Kier molecular flexibility index (Phi) is 6.84. The van der Waals surface area contributed by atoms with Crippen molar-refractivity contribution in [3.05, 3.63) is 108 Å². The molecule has 3 aromatic carbocycles. The number of carbonyl (C=O) groups excluding carboxylic acids is 2. The van der Waals surface area contributed by atoms with Gasteiger partial charge in [0.05, 0.1) is 11.9 Å². The summed E-state index contributed by atoms with van der Waals surface area (Å²) in [5.74, 6) is -0.327. The lowest BCUT2D eigenvalue weighted by molar-refractivity contribution is -0.119. The van der Waals surface area contributed by atoms with E-state index in [9.17, 15) is 9.59 Å². The van der Waals surface area contributed by atoms with E-state index in [0.717, 1.165) is 28.2 Å². The normalized spacial score (nSPS) is 10.9. The van der Waals surface area contributed by atoms with Crippen LogP contribution in [0.2, 0.25) is 0 Å². The Morgan fingerprint density at radius 1 is 0.941 bits per heavy atom. The van der Waals surface area contributed by atoms with E-state index in [1.54, 1.807) is 36.4 Å². The minimum atomic E-state index is -0.540. The first kappa shape index (κ1) is 22.5. The number of nitrogens with two attached hydrogens (primary N) is 1. The highest BCUT2D eigenvalue weighted by Gasteiger charge is 2.10. The molecule has 0 spiro atoms. The van der Waals surface area contributed by atoms with Gasteiger partial charge in [0, 0.05) is 16.9 Å². The maximum Gasteiger partial charge on any atom is 0.271 e. The number of benzene rings is 3. The zero-order valence-electron chi connectivity index (χ0n) is 18.6. The van der Waals surface area contributed by atoms with Crippen LogP contribution >= 0.6 is 0 Å². The van der Waals surface area contributed by atoms with Gasteiger partial charge in [-0.15, -0.1) is 0 Å². The molecule has 0 bridgehead atoms. The number of hydrogen-bond acceptors (Lipinski definition) is 4. The predicted octanol–water partition coefficient (Wildman–Crippen LogP) is 4.08. The van der Waals surface area contributed by atoms with E-state index in [1.807, 2.05) is 30.3 Å². The molecule has 34 heavy (non-hydrogen) atoms. The molecule has 3 N–H and O–H groups in total. The Morgan fingerprint density at radius 3 is 2.32 bits per heavy atom. The minimum Gasteiger partial charge on any atom is -0.484 e. The van der Waals surface area contributed by atoms with Gasteiger partial charge in [0.25, 0.3) is 11.8 Å². The number of primary amides is 1. The van der Waals surface area contributed by atoms with Crippen LogP contribution in [-0.2, 0) is 4.79 Å². The molecular formula is C27H24N4O3. The Morgan fingerprint density at radius 2 is 1.65 bits per heavy atom. The number of nitrogens with zero attached hydrogens (tertiary/aromatic N) is 2. The molecule has 1 aromatic heterocycles. The van der Waals surface area contributed by atoms with E-state index in [0.29, 0.717) is 11.3 Å². The lowest BCUT2D eigenvalue weighted by atomic mass is 10.1. The van der Waals surface area contributed by atoms with Gasteiger partial charge >= 0.3 is 0 Å². The third kappa shape index (κ3) is 5.39. The zero-order chi connectivity index (χ0) is 23.9. The van der Waals surface area contributed by atoms with Crippen molar-refractivity contribution in [1.82, 2.24) is 9.99 Å². The average molecular weight is 453 g/mol. The molecule has 7 nitrogen and oxygen atoms in total. The smallest absolute Gasteiger partial charge is 0.271 e. The fourth-order valence-electron chi connectivity index (χ4n) is 3.51. The lowest BCUT2D eigenvalue weighted by Gasteiger charge is -2.12. The van der Waals surface area contributed by atoms with Gasteiger partial charge in [0.2, 0.25) is 0 Å². The van der Waals surface area contributed by atoms with Crippen molar-refractivity contribution < 1.29 is 14.3 Å². The topological polar surface area (TPSA) is 98.7 Å². The van der Waals surface area contributed by atoms with Gasteiger partial charge in [-0.2, -0.15) is 5.10 Å². The summed E-state index contributed by atoms with van der Waals surface area (Å²) in [6, 6.07) is 28.6. The molecule has 0 radical (unpaired) electrons. The van der Waals surface area contributed by atoms with Crippen LogP contribution in [0.15, 0.2) is 96.1 Å². The summed E-state index contributed by atoms with van der Waals surface area (Å²) in [6.07, 6.45) is 1.53. The second kappa shape index (κ2) is 10.3. The number of amides is 2. The predicted molar refractivity (Wildman–Crippen MR) is 132 cm³/mol. The number of rotatable bonds is 8.